The molecule has 0 aliphatic rings. The number of amides is 1. The smallest absolute Gasteiger partial charge is 0.428 e. The third-order valence-electron chi connectivity index (χ3n) is 2.03. The van der Waals surface area contributed by atoms with Crippen molar-refractivity contribution in [2.75, 3.05) is 0 Å². The molecule has 0 fully saturated rings. The molecule has 1 rings (SSSR count). The summed E-state index contributed by atoms with van der Waals surface area (Å²) in [5, 5.41) is 13.4. The molecule has 0 heterocycles. The fourth-order valence-corrected chi connectivity index (χ4v) is 1.24. The Kier molecular flexibility index (Phi) is 4.31. The number of nitrogens with zero attached hydrogens (tertiary/aromatic N) is 1. The molecule has 0 spiro atoms. The number of phenols is 1. The van der Waals surface area contributed by atoms with Crippen molar-refractivity contribution in [2.24, 2.45) is 5.10 Å². The van der Waals surface area contributed by atoms with Gasteiger partial charge in [0.2, 0.25) is 0 Å². The molecule has 0 unspecified atom stereocenters. The lowest BCUT2D eigenvalue weighted by atomic mass is 10.1. The number of aryl methyl sites for hydroxylation is 1. The maximum atomic E-state index is 11.3. The summed E-state index contributed by atoms with van der Waals surface area (Å²) >= 11 is 0. The topological polar surface area (TPSA) is 70.9 Å². The van der Waals surface area contributed by atoms with E-state index in [1.165, 1.54) is 6.21 Å². The van der Waals surface area contributed by atoms with Gasteiger partial charge in [-0.15, -0.1) is 0 Å². The summed E-state index contributed by atoms with van der Waals surface area (Å²) in [6.07, 6.45) is 0.734. The monoisotopic (exact) mass is 250 g/mol. The van der Waals surface area contributed by atoms with Gasteiger partial charge in [-0.2, -0.15) is 5.10 Å². The van der Waals surface area contributed by atoms with Gasteiger partial charge in [0.05, 0.1) is 6.21 Å². The first-order valence-corrected chi connectivity index (χ1v) is 5.60. The molecule has 0 bridgehead atoms. The number of carbonyl (C=O) groups is 1. The highest BCUT2D eigenvalue weighted by atomic mass is 16.6. The van der Waals surface area contributed by atoms with Gasteiger partial charge in [0.25, 0.3) is 0 Å². The molecule has 18 heavy (non-hydrogen) atoms. The predicted octanol–water partition coefficient (Wildman–Crippen LogP) is 2.56. The molecule has 2 N–H and O–H groups in total. The van der Waals surface area contributed by atoms with Crippen LogP contribution in [0.25, 0.3) is 0 Å². The minimum Gasteiger partial charge on any atom is -0.507 e. The van der Waals surface area contributed by atoms with Crippen molar-refractivity contribution in [3.05, 3.63) is 29.3 Å². The fraction of sp³-hybridized carbons (Fsp3) is 0.385. The van der Waals surface area contributed by atoms with E-state index in [9.17, 15) is 9.90 Å². The quantitative estimate of drug-likeness (QED) is 0.626. The molecule has 1 amide bonds. The first-order valence-electron chi connectivity index (χ1n) is 5.60. The van der Waals surface area contributed by atoms with Gasteiger partial charge in [0.1, 0.15) is 11.4 Å². The van der Waals surface area contributed by atoms with Gasteiger partial charge in [-0.1, -0.05) is 12.1 Å². The normalized spacial score (nSPS) is 11.6. The Bertz CT molecular complexity index is 462. The lowest BCUT2D eigenvalue weighted by molar-refractivity contribution is 0.0529. The number of rotatable bonds is 2. The summed E-state index contributed by atoms with van der Waals surface area (Å²) in [7, 11) is 0. The Balaban J connectivity index is 2.61. The second-order valence-electron chi connectivity index (χ2n) is 4.88. The summed E-state index contributed by atoms with van der Waals surface area (Å²) in [6, 6.07) is 5.28. The van der Waals surface area contributed by atoms with Crippen LogP contribution in [0, 0.1) is 6.92 Å². The van der Waals surface area contributed by atoms with Gasteiger partial charge >= 0.3 is 6.09 Å². The van der Waals surface area contributed by atoms with E-state index in [1.54, 1.807) is 45.9 Å². The van der Waals surface area contributed by atoms with E-state index in [0.29, 0.717) is 5.56 Å². The van der Waals surface area contributed by atoms with Crippen LogP contribution in [-0.4, -0.2) is 23.0 Å². The van der Waals surface area contributed by atoms with E-state index in [4.69, 9.17) is 4.74 Å². The fourth-order valence-electron chi connectivity index (χ4n) is 1.24. The number of para-hydroxylation sites is 1. The van der Waals surface area contributed by atoms with E-state index < -0.39 is 11.7 Å². The van der Waals surface area contributed by atoms with E-state index in [1.807, 2.05) is 0 Å². The Morgan fingerprint density at radius 1 is 1.44 bits per heavy atom. The third-order valence-corrected chi connectivity index (χ3v) is 2.03. The van der Waals surface area contributed by atoms with Crippen molar-refractivity contribution in [3.8, 4) is 5.75 Å². The minimum absolute atomic E-state index is 0.146. The number of phenolic OH excluding ortho intramolecular Hbond substituents is 1. The third kappa shape index (κ3) is 4.45. The highest BCUT2D eigenvalue weighted by molar-refractivity contribution is 5.84. The van der Waals surface area contributed by atoms with Crippen LogP contribution in [0.2, 0.25) is 0 Å². The molecule has 0 aromatic heterocycles. The Hall–Kier alpha value is -2.04. The molecule has 0 saturated heterocycles. The number of benzene rings is 1. The summed E-state index contributed by atoms with van der Waals surface area (Å²) < 4.78 is 5.00. The molecule has 0 aliphatic carbocycles. The Labute approximate surface area is 106 Å². The molecular formula is C13H18N2O3. The molecule has 0 radical (unpaired) electrons. The molecule has 98 valence electrons. The van der Waals surface area contributed by atoms with E-state index in [2.05, 4.69) is 10.5 Å². The van der Waals surface area contributed by atoms with Crippen LogP contribution in [0.4, 0.5) is 4.79 Å². The molecule has 5 heteroatoms. The first kappa shape index (κ1) is 14.0. The van der Waals surface area contributed by atoms with Gasteiger partial charge < -0.3 is 9.84 Å². The molecule has 1 aromatic rings. The number of hydrazone groups is 1. The van der Waals surface area contributed by atoms with Gasteiger partial charge in [0.15, 0.2) is 0 Å². The molecule has 5 nitrogen and oxygen atoms in total. The predicted molar refractivity (Wildman–Crippen MR) is 69.8 cm³/mol. The van der Waals surface area contributed by atoms with E-state index >= 15 is 0 Å². The number of hydrogen-bond acceptors (Lipinski definition) is 4. The van der Waals surface area contributed by atoms with Gasteiger partial charge in [-0.3, -0.25) is 0 Å². The lowest BCUT2D eigenvalue weighted by Crippen LogP contribution is -2.29. The number of carbonyl (C=O) groups excluding carboxylic acids is 1. The van der Waals surface area contributed by atoms with Crippen LogP contribution < -0.4 is 5.43 Å². The van der Waals surface area contributed by atoms with Crippen molar-refractivity contribution in [1.82, 2.24) is 5.43 Å². The maximum absolute atomic E-state index is 11.3. The highest BCUT2D eigenvalue weighted by Crippen LogP contribution is 2.19. The first-order chi connectivity index (χ1) is 8.29. The second kappa shape index (κ2) is 5.53. The van der Waals surface area contributed by atoms with Crippen molar-refractivity contribution in [2.45, 2.75) is 33.3 Å². The summed E-state index contributed by atoms with van der Waals surface area (Å²) in [4.78, 5) is 11.3. The van der Waals surface area contributed by atoms with E-state index in [0.717, 1.165) is 5.56 Å². The Morgan fingerprint density at radius 2 is 2.11 bits per heavy atom. The van der Waals surface area contributed by atoms with Gasteiger partial charge in [0, 0.05) is 5.56 Å². The highest BCUT2D eigenvalue weighted by Gasteiger charge is 2.15. The van der Waals surface area contributed by atoms with Crippen molar-refractivity contribution in [3.63, 3.8) is 0 Å². The van der Waals surface area contributed by atoms with Gasteiger partial charge in [-0.05, 0) is 39.3 Å². The summed E-state index contributed by atoms with van der Waals surface area (Å²) in [6.45, 7) is 7.09. The largest absolute Gasteiger partial charge is 0.507 e. The molecular weight excluding hydrogens is 232 g/mol. The number of nitrogens with one attached hydrogen (secondary N) is 1. The summed E-state index contributed by atoms with van der Waals surface area (Å²) in [5.74, 6) is 0.146. The van der Waals surface area contributed by atoms with Crippen LogP contribution in [-0.2, 0) is 4.74 Å². The van der Waals surface area contributed by atoms with Gasteiger partial charge in [-0.25, -0.2) is 10.2 Å². The molecule has 0 aliphatic heterocycles. The Morgan fingerprint density at radius 3 is 2.72 bits per heavy atom. The average Bonchev–Trinajstić information content (AvgIpc) is 2.21. The number of aromatic hydroxyl groups is 1. The zero-order valence-electron chi connectivity index (χ0n) is 11.0. The maximum Gasteiger partial charge on any atom is 0.428 e. The SMILES string of the molecule is Cc1cccc(/C=N\NC(=O)OC(C)(C)C)c1O. The summed E-state index contributed by atoms with van der Waals surface area (Å²) in [5.41, 5.74) is 2.95. The van der Waals surface area contributed by atoms with Crippen molar-refractivity contribution < 1.29 is 14.6 Å². The van der Waals surface area contributed by atoms with Crippen molar-refractivity contribution >= 4 is 12.3 Å². The van der Waals surface area contributed by atoms with Crippen LogP contribution in [0.3, 0.4) is 0 Å². The number of hydrogen-bond donors (Lipinski definition) is 2. The second-order valence-corrected chi connectivity index (χ2v) is 4.88. The number of ether oxygens (including phenoxy) is 1. The minimum atomic E-state index is -0.633. The molecule has 0 atom stereocenters. The zero-order valence-corrected chi connectivity index (χ0v) is 11.0. The molecule has 0 saturated carbocycles. The van der Waals surface area contributed by atoms with Crippen LogP contribution in [0.5, 0.6) is 5.75 Å². The van der Waals surface area contributed by atoms with Crippen molar-refractivity contribution in [1.29, 1.82) is 0 Å². The standard InChI is InChI=1S/C13H18N2O3/c1-9-6-5-7-10(11(9)16)8-14-15-12(17)18-13(2,3)4/h5-8,16H,1-4H3,(H,15,17)/b14-8-. The van der Waals surface area contributed by atoms with Crippen LogP contribution >= 0.6 is 0 Å². The zero-order chi connectivity index (χ0) is 13.8. The molecule has 1 aromatic carbocycles. The van der Waals surface area contributed by atoms with Crippen LogP contribution in [0.1, 0.15) is 31.9 Å². The average molecular weight is 250 g/mol. The van der Waals surface area contributed by atoms with Crippen LogP contribution in [0.15, 0.2) is 23.3 Å². The van der Waals surface area contributed by atoms with E-state index in [-0.39, 0.29) is 5.75 Å². The lowest BCUT2D eigenvalue weighted by Gasteiger charge is -2.18.